The van der Waals surface area contributed by atoms with Crippen molar-refractivity contribution in [2.75, 3.05) is 5.75 Å². The van der Waals surface area contributed by atoms with E-state index in [0.29, 0.717) is 5.75 Å². The van der Waals surface area contributed by atoms with Crippen LogP contribution in [0.2, 0.25) is 0 Å². The maximum Gasteiger partial charge on any atom is 0.191 e. The second kappa shape index (κ2) is 8.57. The van der Waals surface area contributed by atoms with Gasteiger partial charge in [-0.05, 0) is 49.9 Å². The molecule has 0 amide bonds. The number of hydrogen-bond acceptors (Lipinski definition) is 5. The quantitative estimate of drug-likeness (QED) is 0.406. The summed E-state index contributed by atoms with van der Waals surface area (Å²) in [5.41, 5.74) is 4.06. The van der Waals surface area contributed by atoms with Crippen LogP contribution in [0.3, 0.4) is 0 Å². The number of ketones is 1. The van der Waals surface area contributed by atoms with E-state index in [1.54, 1.807) is 6.26 Å². The van der Waals surface area contributed by atoms with E-state index in [4.69, 9.17) is 4.42 Å². The molecule has 0 aliphatic carbocycles. The summed E-state index contributed by atoms with van der Waals surface area (Å²) < 4.78 is 7.42. The molecule has 0 unspecified atom stereocenters. The highest BCUT2D eigenvalue weighted by Gasteiger charge is 2.18. The number of Topliss-reactive ketones (excluding diaryl/α,β-unsaturated/α-hetero) is 1. The third-order valence-corrected chi connectivity index (χ3v) is 5.70. The van der Waals surface area contributed by atoms with Gasteiger partial charge in [0.2, 0.25) is 0 Å². The molecule has 0 fully saturated rings. The van der Waals surface area contributed by atoms with Gasteiger partial charge in [0.25, 0.3) is 0 Å². The summed E-state index contributed by atoms with van der Waals surface area (Å²) in [6.07, 6.45) is 3.43. The second-order valence-corrected chi connectivity index (χ2v) is 7.29. The first-order valence-corrected chi connectivity index (χ1v) is 10.3. The second-order valence-electron chi connectivity index (χ2n) is 6.35. The predicted molar refractivity (Wildman–Crippen MR) is 108 cm³/mol. The molecule has 2 heterocycles. The minimum absolute atomic E-state index is 0.138. The summed E-state index contributed by atoms with van der Waals surface area (Å²) in [7, 11) is 0. The lowest BCUT2D eigenvalue weighted by Gasteiger charge is -2.10. The number of benzene rings is 1. The van der Waals surface area contributed by atoms with Crippen molar-refractivity contribution in [1.29, 1.82) is 0 Å². The Morgan fingerprint density at radius 1 is 1.15 bits per heavy atom. The van der Waals surface area contributed by atoms with Gasteiger partial charge in [-0.2, -0.15) is 0 Å². The standard InChI is InChI=1S/C21H25N3O2S/c1-5-15-8-9-16(6-2)18(12-15)19(25)13-27-21-23-22-20(24(21)7-3)17-10-11-26-14(17)4/h8-12H,5-7,13H2,1-4H3. The zero-order valence-electron chi connectivity index (χ0n) is 16.3. The Morgan fingerprint density at radius 2 is 1.96 bits per heavy atom. The molecule has 0 aliphatic rings. The molecular weight excluding hydrogens is 358 g/mol. The summed E-state index contributed by atoms with van der Waals surface area (Å²) in [5, 5.41) is 9.39. The molecule has 5 nitrogen and oxygen atoms in total. The average Bonchev–Trinajstić information content (AvgIpc) is 3.30. The van der Waals surface area contributed by atoms with Gasteiger partial charge in [0, 0.05) is 12.1 Å². The third kappa shape index (κ3) is 4.00. The molecule has 0 N–H and O–H groups in total. The van der Waals surface area contributed by atoms with Crippen molar-refractivity contribution < 1.29 is 9.21 Å². The number of aryl methyl sites for hydroxylation is 3. The number of thioether (sulfide) groups is 1. The van der Waals surface area contributed by atoms with Crippen LogP contribution in [0.4, 0.5) is 0 Å². The molecule has 2 aromatic heterocycles. The highest BCUT2D eigenvalue weighted by atomic mass is 32.2. The molecule has 0 aliphatic heterocycles. The van der Waals surface area contributed by atoms with Gasteiger partial charge in [-0.25, -0.2) is 0 Å². The summed E-state index contributed by atoms with van der Waals surface area (Å²) in [5.74, 6) is 2.08. The molecule has 142 valence electrons. The van der Waals surface area contributed by atoms with Gasteiger partial charge in [-0.1, -0.05) is 37.7 Å². The van der Waals surface area contributed by atoms with Crippen molar-refractivity contribution in [3.8, 4) is 11.4 Å². The van der Waals surface area contributed by atoms with E-state index in [1.807, 2.05) is 30.5 Å². The van der Waals surface area contributed by atoms with E-state index in [1.165, 1.54) is 17.3 Å². The lowest BCUT2D eigenvalue weighted by Crippen LogP contribution is -2.08. The highest BCUT2D eigenvalue weighted by molar-refractivity contribution is 7.99. The fourth-order valence-corrected chi connectivity index (χ4v) is 4.00. The van der Waals surface area contributed by atoms with E-state index in [0.717, 1.165) is 52.8 Å². The van der Waals surface area contributed by atoms with E-state index in [-0.39, 0.29) is 5.78 Å². The first-order valence-electron chi connectivity index (χ1n) is 9.34. The number of rotatable bonds is 8. The molecule has 6 heteroatoms. The van der Waals surface area contributed by atoms with Gasteiger partial charge < -0.3 is 8.98 Å². The van der Waals surface area contributed by atoms with Crippen molar-refractivity contribution in [2.24, 2.45) is 0 Å². The van der Waals surface area contributed by atoms with Gasteiger partial charge in [-0.3, -0.25) is 4.79 Å². The summed E-state index contributed by atoms with van der Waals surface area (Å²) >= 11 is 1.44. The summed E-state index contributed by atoms with van der Waals surface area (Å²) in [6, 6.07) is 8.11. The predicted octanol–water partition coefficient (Wildman–Crippen LogP) is 4.97. The minimum Gasteiger partial charge on any atom is -0.469 e. The van der Waals surface area contributed by atoms with Crippen LogP contribution in [0.1, 0.15) is 48.0 Å². The van der Waals surface area contributed by atoms with Crippen molar-refractivity contribution in [3.63, 3.8) is 0 Å². The van der Waals surface area contributed by atoms with Crippen molar-refractivity contribution in [1.82, 2.24) is 14.8 Å². The van der Waals surface area contributed by atoms with Gasteiger partial charge in [0.05, 0.1) is 17.6 Å². The molecule has 0 radical (unpaired) electrons. The van der Waals surface area contributed by atoms with Crippen LogP contribution < -0.4 is 0 Å². The highest BCUT2D eigenvalue weighted by Crippen LogP contribution is 2.27. The van der Waals surface area contributed by atoms with E-state index < -0.39 is 0 Å². The van der Waals surface area contributed by atoms with Gasteiger partial charge >= 0.3 is 0 Å². The SMILES string of the molecule is CCc1ccc(CC)c(C(=O)CSc2nnc(-c3ccoc3C)n2CC)c1. The molecule has 3 rings (SSSR count). The Labute approximate surface area is 164 Å². The Bertz CT molecular complexity index is 943. The van der Waals surface area contributed by atoms with Crippen LogP contribution in [-0.4, -0.2) is 26.3 Å². The number of carbonyl (C=O) groups is 1. The fraction of sp³-hybridized carbons (Fsp3) is 0.381. The number of nitrogens with zero attached hydrogens (tertiary/aromatic N) is 3. The molecule has 0 saturated heterocycles. The number of carbonyl (C=O) groups excluding carboxylic acids is 1. The summed E-state index contributed by atoms with van der Waals surface area (Å²) in [4.78, 5) is 12.9. The molecule has 27 heavy (non-hydrogen) atoms. The Hall–Kier alpha value is -2.34. The topological polar surface area (TPSA) is 60.9 Å². The van der Waals surface area contributed by atoms with E-state index in [2.05, 4.69) is 36.2 Å². The van der Waals surface area contributed by atoms with Gasteiger partial charge in [0.15, 0.2) is 16.8 Å². The molecular formula is C21H25N3O2S. The van der Waals surface area contributed by atoms with Crippen LogP contribution in [0.5, 0.6) is 0 Å². The number of aromatic nitrogens is 3. The molecule has 0 atom stereocenters. The average molecular weight is 384 g/mol. The van der Waals surface area contributed by atoms with Crippen LogP contribution in [-0.2, 0) is 19.4 Å². The number of hydrogen-bond donors (Lipinski definition) is 0. The molecule has 0 bridgehead atoms. The monoisotopic (exact) mass is 383 g/mol. The largest absolute Gasteiger partial charge is 0.469 e. The first kappa shape index (κ1) is 19.4. The normalized spacial score (nSPS) is 11.1. The minimum atomic E-state index is 0.138. The fourth-order valence-electron chi connectivity index (χ4n) is 3.12. The van der Waals surface area contributed by atoms with E-state index in [9.17, 15) is 4.79 Å². The number of furan rings is 1. The first-order chi connectivity index (χ1) is 13.1. The van der Waals surface area contributed by atoms with Crippen LogP contribution in [0.25, 0.3) is 11.4 Å². The summed E-state index contributed by atoms with van der Waals surface area (Å²) in [6.45, 7) is 8.88. The molecule has 3 aromatic rings. The van der Waals surface area contributed by atoms with Crippen LogP contribution in [0.15, 0.2) is 40.1 Å². The zero-order chi connectivity index (χ0) is 19.4. The van der Waals surface area contributed by atoms with Gasteiger partial charge in [-0.15, -0.1) is 10.2 Å². The molecule has 0 spiro atoms. The van der Waals surface area contributed by atoms with Crippen LogP contribution >= 0.6 is 11.8 Å². The lowest BCUT2D eigenvalue weighted by molar-refractivity contribution is 0.102. The smallest absolute Gasteiger partial charge is 0.191 e. The Morgan fingerprint density at radius 3 is 2.59 bits per heavy atom. The van der Waals surface area contributed by atoms with Crippen molar-refractivity contribution >= 4 is 17.5 Å². The zero-order valence-corrected chi connectivity index (χ0v) is 17.1. The maximum atomic E-state index is 12.9. The van der Waals surface area contributed by atoms with Crippen LogP contribution in [0, 0.1) is 6.92 Å². The van der Waals surface area contributed by atoms with Crippen molar-refractivity contribution in [3.05, 3.63) is 53.0 Å². The molecule has 0 saturated carbocycles. The Balaban J connectivity index is 1.80. The lowest BCUT2D eigenvalue weighted by atomic mass is 9.98. The maximum absolute atomic E-state index is 12.9. The van der Waals surface area contributed by atoms with Crippen molar-refractivity contribution in [2.45, 2.75) is 52.2 Å². The van der Waals surface area contributed by atoms with Gasteiger partial charge in [0.1, 0.15) is 5.76 Å². The Kier molecular flexibility index (Phi) is 6.16. The third-order valence-electron chi connectivity index (χ3n) is 4.73. The van der Waals surface area contributed by atoms with E-state index >= 15 is 0 Å². The molecule has 1 aromatic carbocycles.